The summed E-state index contributed by atoms with van der Waals surface area (Å²) in [5.74, 6) is 0.207. The molecule has 0 aromatic heterocycles. The van der Waals surface area contributed by atoms with Crippen LogP contribution in [0.4, 0.5) is 0 Å². The third-order valence-electron chi connectivity index (χ3n) is 5.08. The zero-order valence-corrected chi connectivity index (χ0v) is 16.6. The highest BCUT2D eigenvalue weighted by atomic mass is 16.5. The zero-order chi connectivity index (χ0) is 19.5. The van der Waals surface area contributed by atoms with Crippen molar-refractivity contribution in [3.63, 3.8) is 0 Å². The first kappa shape index (κ1) is 21.2. The molecule has 4 heteroatoms. The number of hydrogen-bond donors (Lipinski definition) is 0. The molecule has 0 radical (unpaired) electrons. The van der Waals surface area contributed by atoms with Crippen LogP contribution in [0, 0.1) is 5.92 Å². The van der Waals surface area contributed by atoms with E-state index in [1.807, 2.05) is 12.1 Å². The van der Waals surface area contributed by atoms with E-state index in [1.165, 1.54) is 24.8 Å². The number of ether oxygens (including phenoxy) is 2. The maximum Gasteiger partial charge on any atom is 0.336 e. The molecule has 0 bridgehead atoms. The minimum atomic E-state index is -0.571. The predicted octanol–water partition coefficient (Wildman–Crippen LogP) is 5.39. The Morgan fingerprint density at radius 3 is 2.26 bits per heavy atom. The number of aryl methyl sites for hydroxylation is 1. The number of benzene rings is 1. The minimum absolute atomic E-state index is 0.0258. The van der Waals surface area contributed by atoms with Gasteiger partial charge in [-0.25, -0.2) is 9.59 Å². The van der Waals surface area contributed by atoms with Crippen molar-refractivity contribution in [2.45, 2.75) is 77.7 Å². The molecule has 0 aliphatic heterocycles. The second-order valence-corrected chi connectivity index (χ2v) is 7.37. The van der Waals surface area contributed by atoms with Gasteiger partial charge in [0.15, 0.2) is 0 Å². The summed E-state index contributed by atoms with van der Waals surface area (Å²) < 4.78 is 10.7. The number of unbranched alkanes of at least 4 members (excludes halogenated alkanes) is 1. The first-order valence-corrected chi connectivity index (χ1v) is 10.3. The molecule has 1 aliphatic carbocycles. The molecular weight excluding hydrogens is 340 g/mol. The van der Waals surface area contributed by atoms with E-state index in [-0.39, 0.29) is 6.10 Å². The van der Waals surface area contributed by atoms with Gasteiger partial charge in [-0.3, -0.25) is 0 Å². The van der Waals surface area contributed by atoms with E-state index in [2.05, 4.69) is 13.8 Å². The molecule has 0 spiro atoms. The number of hydrogen-bond acceptors (Lipinski definition) is 4. The van der Waals surface area contributed by atoms with E-state index in [9.17, 15) is 9.59 Å². The van der Waals surface area contributed by atoms with Crippen LogP contribution in [0.2, 0.25) is 0 Å². The normalized spacial score (nSPS) is 19.8. The summed E-state index contributed by atoms with van der Waals surface area (Å²) in [4.78, 5) is 23.8. The Hall–Kier alpha value is -2.10. The van der Waals surface area contributed by atoms with Crippen LogP contribution in [-0.2, 0) is 20.7 Å². The van der Waals surface area contributed by atoms with Gasteiger partial charge in [-0.05, 0) is 55.7 Å². The highest BCUT2D eigenvalue weighted by molar-refractivity contribution is 5.92. The summed E-state index contributed by atoms with van der Waals surface area (Å²) in [6.45, 7) is 4.34. The van der Waals surface area contributed by atoms with E-state index in [4.69, 9.17) is 9.47 Å². The maximum atomic E-state index is 11.9. The van der Waals surface area contributed by atoms with Gasteiger partial charge < -0.3 is 9.47 Å². The van der Waals surface area contributed by atoms with E-state index in [1.54, 1.807) is 12.1 Å². The van der Waals surface area contributed by atoms with Crippen molar-refractivity contribution < 1.29 is 19.1 Å². The minimum Gasteiger partial charge on any atom is -0.459 e. The molecule has 1 aromatic rings. The monoisotopic (exact) mass is 372 g/mol. The molecule has 1 fully saturated rings. The van der Waals surface area contributed by atoms with Crippen LogP contribution in [0.25, 0.3) is 0 Å². The van der Waals surface area contributed by atoms with E-state index >= 15 is 0 Å². The standard InChI is InChI=1S/C23H32O4/c1-3-5-7-19-10-14-21(15-11-19)27-23(25)17-16-22(24)26-20-12-8-18(6-4-2)9-13-20/h8-9,12-13,16-17,19,21H,3-7,10-11,14-15H2,1-2H3. The fraction of sp³-hybridized carbons (Fsp3) is 0.565. The summed E-state index contributed by atoms with van der Waals surface area (Å²) in [5.41, 5.74) is 1.21. The Kier molecular flexibility index (Phi) is 9.09. The molecule has 1 aromatic carbocycles. The lowest BCUT2D eigenvalue weighted by molar-refractivity contribution is -0.145. The molecule has 0 saturated heterocycles. The Morgan fingerprint density at radius 2 is 1.63 bits per heavy atom. The Bertz CT molecular complexity index is 610. The third-order valence-corrected chi connectivity index (χ3v) is 5.08. The highest BCUT2D eigenvalue weighted by Crippen LogP contribution is 2.29. The van der Waals surface area contributed by atoms with Gasteiger partial charge in [0.05, 0.1) is 0 Å². The van der Waals surface area contributed by atoms with Gasteiger partial charge in [-0.1, -0.05) is 51.7 Å². The second-order valence-electron chi connectivity index (χ2n) is 7.37. The Labute approximate surface area is 162 Å². The number of carbonyl (C=O) groups excluding carboxylic acids is 2. The molecule has 2 rings (SSSR count). The molecular formula is C23H32O4. The number of esters is 2. The molecule has 4 nitrogen and oxygen atoms in total. The first-order chi connectivity index (χ1) is 13.1. The molecule has 1 aliphatic rings. The van der Waals surface area contributed by atoms with Crippen LogP contribution in [0.1, 0.15) is 70.8 Å². The van der Waals surface area contributed by atoms with Crippen molar-refractivity contribution in [2.75, 3.05) is 0 Å². The molecule has 1 saturated carbocycles. The fourth-order valence-corrected chi connectivity index (χ4v) is 3.53. The van der Waals surface area contributed by atoms with Crippen LogP contribution in [0.15, 0.2) is 36.4 Å². The SMILES string of the molecule is CCCCC1CCC(OC(=O)C=CC(=O)Oc2ccc(CCC)cc2)CC1. The van der Waals surface area contributed by atoms with Crippen molar-refractivity contribution in [3.05, 3.63) is 42.0 Å². The summed E-state index contributed by atoms with van der Waals surface area (Å²) in [6.07, 6.45) is 12.2. The second kappa shape index (κ2) is 11.6. The van der Waals surface area contributed by atoms with E-state index in [0.717, 1.165) is 56.6 Å². The quantitative estimate of drug-likeness (QED) is 0.331. The number of rotatable bonds is 9. The largest absolute Gasteiger partial charge is 0.459 e. The van der Waals surface area contributed by atoms with Crippen LogP contribution in [0.5, 0.6) is 5.75 Å². The molecule has 27 heavy (non-hydrogen) atoms. The molecule has 148 valence electrons. The van der Waals surface area contributed by atoms with Gasteiger partial charge in [0, 0.05) is 12.2 Å². The van der Waals surface area contributed by atoms with Crippen molar-refractivity contribution in [1.82, 2.24) is 0 Å². The van der Waals surface area contributed by atoms with Crippen LogP contribution < -0.4 is 4.74 Å². The van der Waals surface area contributed by atoms with Crippen LogP contribution in [0.3, 0.4) is 0 Å². The van der Waals surface area contributed by atoms with Crippen LogP contribution in [-0.4, -0.2) is 18.0 Å². The van der Waals surface area contributed by atoms with Gasteiger partial charge in [-0.2, -0.15) is 0 Å². The molecule has 0 atom stereocenters. The van der Waals surface area contributed by atoms with E-state index in [0.29, 0.717) is 5.75 Å². The summed E-state index contributed by atoms with van der Waals surface area (Å²) in [7, 11) is 0. The van der Waals surface area contributed by atoms with Gasteiger partial charge in [0.25, 0.3) is 0 Å². The summed E-state index contributed by atoms with van der Waals surface area (Å²) >= 11 is 0. The average Bonchev–Trinajstić information content (AvgIpc) is 2.68. The summed E-state index contributed by atoms with van der Waals surface area (Å²) in [6, 6.07) is 7.43. The molecule has 0 heterocycles. The molecule has 0 unspecified atom stereocenters. The Morgan fingerprint density at radius 1 is 0.963 bits per heavy atom. The highest BCUT2D eigenvalue weighted by Gasteiger charge is 2.23. The average molecular weight is 373 g/mol. The fourth-order valence-electron chi connectivity index (χ4n) is 3.53. The third kappa shape index (κ3) is 7.98. The van der Waals surface area contributed by atoms with Crippen molar-refractivity contribution in [3.8, 4) is 5.75 Å². The lowest BCUT2D eigenvalue weighted by Gasteiger charge is -2.27. The van der Waals surface area contributed by atoms with E-state index < -0.39 is 11.9 Å². The van der Waals surface area contributed by atoms with Crippen molar-refractivity contribution in [2.24, 2.45) is 5.92 Å². The van der Waals surface area contributed by atoms with Crippen molar-refractivity contribution in [1.29, 1.82) is 0 Å². The summed E-state index contributed by atoms with van der Waals surface area (Å²) in [5, 5.41) is 0. The zero-order valence-electron chi connectivity index (χ0n) is 16.6. The molecule has 0 amide bonds. The van der Waals surface area contributed by atoms with Crippen molar-refractivity contribution >= 4 is 11.9 Å². The van der Waals surface area contributed by atoms with Crippen LogP contribution >= 0.6 is 0 Å². The van der Waals surface area contributed by atoms with Gasteiger partial charge >= 0.3 is 11.9 Å². The predicted molar refractivity (Wildman–Crippen MR) is 107 cm³/mol. The smallest absolute Gasteiger partial charge is 0.336 e. The lowest BCUT2D eigenvalue weighted by atomic mass is 9.84. The van der Waals surface area contributed by atoms with Gasteiger partial charge in [-0.15, -0.1) is 0 Å². The lowest BCUT2D eigenvalue weighted by Crippen LogP contribution is -2.24. The molecule has 0 N–H and O–H groups in total. The Balaban J connectivity index is 1.70. The first-order valence-electron chi connectivity index (χ1n) is 10.3. The maximum absolute atomic E-state index is 11.9. The topological polar surface area (TPSA) is 52.6 Å². The number of carbonyl (C=O) groups is 2. The van der Waals surface area contributed by atoms with Gasteiger partial charge in [0.2, 0.25) is 0 Å². The van der Waals surface area contributed by atoms with Gasteiger partial charge in [0.1, 0.15) is 11.9 Å².